The van der Waals surface area contributed by atoms with E-state index >= 15 is 0 Å². The molecular weight excluding hydrogens is 236 g/mol. The summed E-state index contributed by atoms with van der Waals surface area (Å²) in [6.07, 6.45) is 10.2. The SMILES string of the molecule is Cc1ccncc1C(=O)C1(N(C)C)CCCCCC1. The molecule has 2 rings (SSSR count). The average Bonchev–Trinajstić information content (AvgIpc) is 2.65. The molecule has 104 valence electrons. The fraction of sp³-hybridized carbons (Fsp3) is 0.625. The Kier molecular flexibility index (Phi) is 4.35. The van der Waals surface area contributed by atoms with Crippen molar-refractivity contribution in [2.24, 2.45) is 0 Å². The monoisotopic (exact) mass is 260 g/mol. The molecule has 1 aliphatic rings. The van der Waals surface area contributed by atoms with E-state index in [1.807, 2.05) is 27.1 Å². The van der Waals surface area contributed by atoms with Gasteiger partial charge in [0.25, 0.3) is 0 Å². The summed E-state index contributed by atoms with van der Waals surface area (Å²) in [5, 5.41) is 0. The molecule has 3 nitrogen and oxygen atoms in total. The van der Waals surface area contributed by atoms with Crippen LogP contribution < -0.4 is 0 Å². The second-order valence-corrected chi connectivity index (χ2v) is 5.86. The number of pyridine rings is 1. The number of hydrogen-bond acceptors (Lipinski definition) is 3. The maximum Gasteiger partial charge on any atom is 0.184 e. The lowest BCUT2D eigenvalue weighted by Gasteiger charge is -2.38. The standard InChI is InChI=1S/C16H24N2O/c1-13-8-11-17-12-14(13)15(19)16(18(2)3)9-6-4-5-7-10-16/h8,11-12H,4-7,9-10H2,1-3H3. The molecule has 0 aliphatic heterocycles. The van der Waals surface area contributed by atoms with Crippen LogP contribution in [0.1, 0.15) is 54.4 Å². The Morgan fingerprint density at radius 3 is 2.37 bits per heavy atom. The fourth-order valence-electron chi connectivity index (χ4n) is 3.14. The number of carbonyl (C=O) groups excluding carboxylic acids is 1. The molecule has 0 aromatic carbocycles. The summed E-state index contributed by atoms with van der Waals surface area (Å²) in [6.45, 7) is 2.00. The highest BCUT2D eigenvalue weighted by molar-refractivity contribution is 6.04. The molecule has 0 unspecified atom stereocenters. The van der Waals surface area contributed by atoms with Gasteiger partial charge >= 0.3 is 0 Å². The summed E-state index contributed by atoms with van der Waals surface area (Å²) in [5.41, 5.74) is 1.49. The summed E-state index contributed by atoms with van der Waals surface area (Å²) >= 11 is 0. The van der Waals surface area contributed by atoms with E-state index in [-0.39, 0.29) is 11.3 Å². The first-order valence-electron chi connectivity index (χ1n) is 7.21. The number of ketones is 1. The van der Waals surface area contributed by atoms with Crippen LogP contribution in [0.25, 0.3) is 0 Å². The third-order valence-corrected chi connectivity index (χ3v) is 4.49. The van der Waals surface area contributed by atoms with E-state index in [4.69, 9.17) is 0 Å². The van der Waals surface area contributed by atoms with Crippen LogP contribution in [0, 0.1) is 6.92 Å². The van der Waals surface area contributed by atoms with E-state index in [1.165, 1.54) is 12.8 Å². The zero-order chi connectivity index (χ0) is 13.9. The largest absolute Gasteiger partial charge is 0.297 e. The lowest BCUT2D eigenvalue weighted by molar-refractivity contribution is 0.0634. The van der Waals surface area contributed by atoms with Gasteiger partial charge < -0.3 is 0 Å². The first kappa shape index (κ1) is 14.2. The van der Waals surface area contributed by atoms with E-state index in [9.17, 15) is 4.79 Å². The van der Waals surface area contributed by atoms with Gasteiger partial charge in [-0.25, -0.2) is 0 Å². The molecule has 0 amide bonds. The summed E-state index contributed by atoms with van der Waals surface area (Å²) in [6, 6.07) is 1.92. The van der Waals surface area contributed by atoms with Gasteiger partial charge in [-0.2, -0.15) is 0 Å². The van der Waals surface area contributed by atoms with Crippen molar-refractivity contribution in [2.75, 3.05) is 14.1 Å². The van der Waals surface area contributed by atoms with Crippen molar-refractivity contribution >= 4 is 5.78 Å². The van der Waals surface area contributed by atoms with Crippen LogP contribution in [0.4, 0.5) is 0 Å². The van der Waals surface area contributed by atoms with Crippen molar-refractivity contribution in [3.05, 3.63) is 29.6 Å². The first-order chi connectivity index (χ1) is 9.08. The van der Waals surface area contributed by atoms with Crippen LogP contribution in [0.15, 0.2) is 18.5 Å². The lowest BCUT2D eigenvalue weighted by atomic mass is 9.81. The Morgan fingerprint density at radius 2 is 1.84 bits per heavy atom. The van der Waals surface area contributed by atoms with Gasteiger partial charge in [-0.1, -0.05) is 25.7 Å². The highest BCUT2D eigenvalue weighted by atomic mass is 16.1. The van der Waals surface area contributed by atoms with Crippen molar-refractivity contribution in [2.45, 2.75) is 51.0 Å². The second kappa shape index (κ2) is 5.83. The minimum Gasteiger partial charge on any atom is -0.297 e. The maximum absolute atomic E-state index is 13.1. The molecule has 0 spiro atoms. The number of aromatic nitrogens is 1. The topological polar surface area (TPSA) is 33.2 Å². The molecule has 0 atom stereocenters. The summed E-state index contributed by atoms with van der Waals surface area (Å²) in [5.74, 6) is 0.255. The van der Waals surface area contributed by atoms with Crippen LogP contribution >= 0.6 is 0 Å². The molecule has 3 heteroatoms. The number of aryl methyl sites for hydroxylation is 1. The van der Waals surface area contributed by atoms with Crippen molar-refractivity contribution in [1.29, 1.82) is 0 Å². The molecular formula is C16H24N2O. The fourth-order valence-corrected chi connectivity index (χ4v) is 3.14. The quantitative estimate of drug-likeness (QED) is 0.618. The Balaban J connectivity index is 2.39. The minimum atomic E-state index is -0.329. The summed E-state index contributed by atoms with van der Waals surface area (Å²) in [4.78, 5) is 19.3. The molecule has 0 N–H and O–H groups in total. The molecule has 0 bridgehead atoms. The van der Waals surface area contributed by atoms with Crippen molar-refractivity contribution in [3.63, 3.8) is 0 Å². The third-order valence-electron chi connectivity index (χ3n) is 4.49. The molecule has 1 saturated carbocycles. The van der Waals surface area contributed by atoms with Crippen LogP contribution in [-0.4, -0.2) is 35.3 Å². The lowest BCUT2D eigenvalue weighted by Crippen LogP contribution is -2.51. The molecule has 1 aromatic rings. The summed E-state index contributed by atoms with van der Waals surface area (Å²) in [7, 11) is 4.07. The zero-order valence-electron chi connectivity index (χ0n) is 12.3. The predicted octanol–water partition coefficient (Wildman–Crippen LogP) is 3.23. The van der Waals surface area contributed by atoms with Gasteiger partial charge in [0, 0.05) is 18.0 Å². The van der Waals surface area contributed by atoms with Crippen LogP contribution in [0.2, 0.25) is 0 Å². The van der Waals surface area contributed by atoms with E-state index < -0.39 is 0 Å². The van der Waals surface area contributed by atoms with Crippen molar-refractivity contribution in [1.82, 2.24) is 9.88 Å². The number of likely N-dealkylation sites (N-methyl/N-ethyl adjacent to an activating group) is 1. The normalized spacial score (nSPS) is 19.2. The Labute approximate surface area is 116 Å². The Bertz CT molecular complexity index is 446. The molecule has 1 aromatic heterocycles. The van der Waals surface area contributed by atoms with E-state index in [2.05, 4.69) is 9.88 Å². The molecule has 0 saturated heterocycles. The Morgan fingerprint density at radius 1 is 1.21 bits per heavy atom. The van der Waals surface area contributed by atoms with Crippen LogP contribution in [-0.2, 0) is 0 Å². The van der Waals surface area contributed by atoms with Gasteiger partial charge in [0.05, 0.1) is 5.54 Å². The first-order valence-corrected chi connectivity index (χ1v) is 7.21. The number of Topliss-reactive ketones (excluding diaryl/α,β-unsaturated/α-hetero) is 1. The molecule has 1 fully saturated rings. The third kappa shape index (κ3) is 2.71. The van der Waals surface area contributed by atoms with Crippen LogP contribution in [0.5, 0.6) is 0 Å². The van der Waals surface area contributed by atoms with Gasteiger partial charge in [-0.15, -0.1) is 0 Å². The average molecular weight is 260 g/mol. The van der Waals surface area contributed by atoms with E-state index in [1.54, 1.807) is 12.4 Å². The minimum absolute atomic E-state index is 0.255. The van der Waals surface area contributed by atoms with Gasteiger partial charge in [0.2, 0.25) is 0 Å². The number of rotatable bonds is 3. The Hall–Kier alpha value is -1.22. The number of hydrogen-bond donors (Lipinski definition) is 0. The van der Waals surface area contributed by atoms with Crippen molar-refractivity contribution in [3.8, 4) is 0 Å². The van der Waals surface area contributed by atoms with E-state index in [0.717, 1.165) is 36.8 Å². The molecule has 1 aliphatic carbocycles. The molecule has 0 radical (unpaired) electrons. The zero-order valence-corrected chi connectivity index (χ0v) is 12.3. The van der Waals surface area contributed by atoms with Crippen LogP contribution in [0.3, 0.4) is 0 Å². The number of carbonyl (C=O) groups is 1. The molecule has 19 heavy (non-hydrogen) atoms. The van der Waals surface area contributed by atoms with E-state index in [0.29, 0.717) is 0 Å². The van der Waals surface area contributed by atoms with Gasteiger partial charge in [-0.3, -0.25) is 14.7 Å². The highest BCUT2D eigenvalue weighted by Gasteiger charge is 2.41. The van der Waals surface area contributed by atoms with Gasteiger partial charge in [0.15, 0.2) is 5.78 Å². The number of nitrogens with zero attached hydrogens (tertiary/aromatic N) is 2. The highest BCUT2D eigenvalue weighted by Crippen LogP contribution is 2.34. The maximum atomic E-state index is 13.1. The molecule has 1 heterocycles. The van der Waals surface area contributed by atoms with Gasteiger partial charge in [0.1, 0.15) is 0 Å². The summed E-state index contributed by atoms with van der Waals surface area (Å²) < 4.78 is 0. The smallest absolute Gasteiger partial charge is 0.184 e. The van der Waals surface area contributed by atoms with Crippen molar-refractivity contribution < 1.29 is 4.79 Å². The predicted molar refractivity (Wildman–Crippen MR) is 77.4 cm³/mol. The second-order valence-electron chi connectivity index (χ2n) is 5.86. The van der Waals surface area contributed by atoms with Gasteiger partial charge in [-0.05, 0) is 45.5 Å².